The number of aliphatic imine (C=N–C) groups is 1. The first kappa shape index (κ1) is 20.3. The first-order chi connectivity index (χ1) is 15.4. The lowest BCUT2D eigenvalue weighted by Gasteiger charge is -2.25. The molecule has 4 aromatic rings. The number of amidine groups is 1. The number of benzene rings is 4. The minimum atomic E-state index is -3.51. The van der Waals surface area contributed by atoms with Crippen LogP contribution in [0.25, 0.3) is 10.8 Å². The van der Waals surface area contributed by atoms with Crippen molar-refractivity contribution in [3.05, 3.63) is 90.5 Å². The summed E-state index contributed by atoms with van der Waals surface area (Å²) >= 11 is 0. The van der Waals surface area contributed by atoms with E-state index < -0.39 is 9.84 Å². The van der Waals surface area contributed by atoms with E-state index in [1.165, 1.54) is 0 Å². The third-order valence-corrected chi connectivity index (χ3v) is 7.50. The zero-order valence-corrected chi connectivity index (χ0v) is 18.7. The lowest BCUT2D eigenvalue weighted by atomic mass is 10.0. The minimum absolute atomic E-state index is 0.298. The molecule has 0 spiro atoms. The van der Waals surface area contributed by atoms with E-state index in [0.29, 0.717) is 16.3 Å². The first-order valence-electron chi connectivity index (χ1n) is 10.4. The average Bonchev–Trinajstić information content (AvgIpc) is 2.80. The Labute approximate surface area is 188 Å². The van der Waals surface area contributed by atoms with Crippen molar-refractivity contribution in [2.45, 2.75) is 23.3 Å². The van der Waals surface area contributed by atoms with E-state index in [9.17, 15) is 8.42 Å². The molecule has 0 amide bonds. The number of hydrogen-bond donors (Lipinski definition) is 1. The van der Waals surface area contributed by atoms with Crippen molar-refractivity contribution < 1.29 is 8.42 Å². The number of anilines is 2. The van der Waals surface area contributed by atoms with E-state index in [4.69, 9.17) is 4.99 Å². The highest BCUT2D eigenvalue weighted by Gasteiger charge is 2.19. The topological polar surface area (TPSA) is 61.8 Å². The van der Waals surface area contributed by atoms with E-state index in [1.807, 2.05) is 38.2 Å². The summed E-state index contributed by atoms with van der Waals surface area (Å²) in [7, 11) is -1.48. The smallest absolute Gasteiger partial charge is 0.206 e. The molecule has 0 atom stereocenters. The predicted octanol–water partition coefficient (Wildman–Crippen LogP) is 5.78. The van der Waals surface area contributed by atoms with Gasteiger partial charge in [0.1, 0.15) is 5.84 Å². The third kappa shape index (κ3) is 3.52. The molecule has 0 radical (unpaired) electrons. The Bertz CT molecular complexity index is 1440. The molecule has 5 rings (SSSR count). The molecule has 0 unspecified atom stereocenters. The van der Waals surface area contributed by atoms with Crippen LogP contribution >= 0.6 is 0 Å². The van der Waals surface area contributed by atoms with Crippen LogP contribution in [0, 0.1) is 0 Å². The Morgan fingerprint density at radius 3 is 2.31 bits per heavy atom. The lowest BCUT2D eigenvalue weighted by Crippen LogP contribution is -2.18. The second-order valence-electron chi connectivity index (χ2n) is 7.98. The summed E-state index contributed by atoms with van der Waals surface area (Å²) in [5, 5.41) is 5.61. The maximum atomic E-state index is 12.8. The largest absolute Gasteiger partial charge is 0.369 e. The molecular weight excluding hydrogens is 418 g/mol. The van der Waals surface area contributed by atoms with Gasteiger partial charge >= 0.3 is 0 Å². The maximum absolute atomic E-state index is 12.8. The van der Waals surface area contributed by atoms with Crippen LogP contribution in [0.5, 0.6) is 0 Å². The van der Waals surface area contributed by atoms with E-state index in [1.54, 1.807) is 36.4 Å². The first-order valence-corrected chi connectivity index (χ1v) is 11.9. The number of rotatable bonds is 5. The van der Waals surface area contributed by atoms with E-state index in [0.717, 1.165) is 39.2 Å². The van der Waals surface area contributed by atoms with Crippen LogP contribution < -0.4 is 10.2 Å². The molecule has 1 N–H and O–H groups in total. The predicted molar refractivity (Wildman–Crippen MR) is 131 cm³/mol. The highest BCUT2D eigenvalue weighted by atomic mass is 32.2. The number of hydrogen-bond acceptors (Lipinski definition) is 5. The Morgan fingerprint density at radius 1 is 0.844 bits per heavy atom. The summed E-state index contributed by atoms with van der Waals surface area (Å²) < 4.78 is 25.7. The van der Waals surface area contributed by atoms with Crippen LogP contribution in [0.1, 0.15) is 12.5 Å². The van der Waals surface area contributed by atoms with E-state index in [-0.39, 0.29) is 0 Å². The molecule has 160 valence electrons. The van der Waals surface area contributed by atoms with Gasteiger partial charge in [-0.05, 0) is 54.3 Å². The summed E-state index contributed by atoms with van der Waals surface area (Å²) in [6, 6.07) is 26.0. The summed E-state index contributed by atoms with van der Waals surface area (Å²) in [5.41, 5.74) is 4.08. The Balaban J connectivity index is 1.44. The monoisotopic (exact) mass is 441 g/mol. The quantitative estimate of drug-likeness (QED) is 0.426. The normalized spacial score (nSPS) is 12.9. The summed E-state index contributed by atoms with van der Waals surface area (Å²) in [6.07, 6.45) is 0. The fourth-order valence-corrected chi connectivity index (χ4v) is 5.42. The molecule has 32 heavy (non-hydrogen) atoms. The number of nitrogens with one attached hydrogen (secondary N) is 1. The van der Waals surface area contributed by atoms with Crippen molar-refractivity contribution in [3.8, 4) is 0 Å². The standard InChI is InChI=1S/C26H23N3O2S/c1-18-27-23-10-6-7-20-13-16-24(26(28-18)25(20)23)29(2)17-19-11-14-22(15-12-19)32(30,31)21-8-4-3-5-9-21/h3-16H,17H2,1-2H3,(H,27,28). The zero-order chi connectivity index (χ0) is 22.3. The second kappa shape index (κ2) is 7.80. The van der Waals surface area contributed by atoms with Gasteiger partial charge in [0.25, 0.3) is 0 Å². The summed E-state index contributed by atoms with van der Waals surface area (Å²) in [6.45, 7) is 2.60. The van der Waals surface area contributed by atoms with Crippen molar-refractivity contribution in [3.63, 3.8) is 0 Å². The molecule has 0 fully saturated rings. The van der Waals surface area contributed by atoms with Crippen LogP contribution in [0.2, 0.25) is 0 Å². The van der Waals surface area contributed by atoms with Gasteiger partial charge in [0.2, 0.25) is 9.84 Å². The van der Waals surface area contributed by atoms with E-state index >= 15 is 0 Å². The zero-order valence-electron chi connectivity index (χ0n) is 17.9. The van der Waals surface area contributed by atoms with Crippen LogP contribution in [0.4, 0.5) is 17.1 Å². The van der Waals surface area contributed by atoms with Crippen LogP contribution in [-0.2, 0) is 16.4 Å². The van der Waals surface area contributed by atoms with Crippen molar-refractivity contribution >= 4 is 43.5 Å². The molecule has 1 aliphatic rings. The minimum Gasteiger partial charge on any atom is -0.369 e. The molecule has 4 aromatic carbocycles. The van der Waals surface area contributed by atoms with Crippen molar-refractivity contribution in [1.82, 2.24) is 0 Å². The van der Waals surface area contributed by atoms with Gasteiger partial charge in [-0.25, -0.2) is 13.4 Å². The fourth-order valence-electron chi connectivity index (χ4n) is 4.13. The second-order valence-corrected chi connectivity index (χ2v) is 9.93. The molecule has 0 saturated heterocycles. The molecule has 1 heterocycles. The molecule has 0 aliphatic carbocycles. The molecule has 0 bridgehead atoms. The van der Waals surface area contributed by atoms with Crippen molar-refractivity contribution in [2.24, 2.45) is 4.99 Å². The SMILES string of the molecule is CC1=Nc2c(N(C)Cc3ccc(S(=O)(=O)c4ccccc4)cc3)ccc3cccc(c23)N1. The highest BCUT2D eigenvalue weighted by Crippen LogP contribution is 2.42. The van der Waals surface area contributed by atoms with Crippen LogP contribution in [0.15, 0.2) is 99.7 Å². The lowest BCUT2D eigenvalue weighted by molar-refractivity contribution is 0.596. The number of sulfone groups is 1. The summed E-state index contributed by atoms with van der Waals surface area (Å²) in [4.78, 5) is 7.54. The van der Waals surface area contributed by atoms with Crippen LogP contribution in [0.3, 0.4) is 0 Å². The Morgan fingerprint density at radius 2 is 1.56 bits per heavy atom. The van der Waals surface area contributed by atoms with Crippen molar-refractivity contribution in [1.29, 1.82) is 0 Å². The molecule has 0 aromatic heterocycles. The van der Waals surface area contributed by atoms with Gasteiger partial charge in [-0.1, -0.05) is 48.5 Å². The Hall–Kier alpha value is -3.64. The molecule has 1 aliphatic heterocycles. The van der Waals surface area contributed by atoms with Gasteiger partial charge in [-0.2, -0.15) is 0 Å². The van der Waals surface area contributed by atoms with E-state index in [2.05, 4.69) is 34.5 Å². The van der Waals surface area contributed by atoms with Crippen LogP contribution in [-0.4, -0.2) is 21.3 Å². The maximum Gasteiger partial charge on any atom is 0.206 e. The molecule has 6 heteroatoms. The molecule has 5 nitrogen and oxygen atoms in total. The summed E-state index contributed by atoms with van der Waals surface area (Å²) in [5.74, 6) is 0.862. The van der Waals surface area contributed by atoms with Gasteiger partial charge in [-0.15, -0.1) is 0 Å². The molecule has 0 saturated carbocycles. The van der Waals surface area contributed by atoms with Gasteiger partial charge < -0.3 is 10.2 Å². The Kier molecular flexibility index (Phi) is 4.94. The average molecular weight is 442 g/mol. The third-order valence-electron chi connectivity index (χ3n) is 5.71. The van der Waals surface area contributed by atoms with Crippen molar-refractivity contribution in [2.75, 3.05) is 17.3 Å². The van der Waals surface area contributed by atoms with Gasteiger partial charge in [0.15, 0.2) is 0 Å². The molecular formula is C26H23N3O2S. The number of nitrogens with zero attached hydrogens (tertiary/aromatic N) is 2. The highest BCUT2D eigenvalue weighted by molar-refractivity contribution is 7.91. The van der Waals surface area contributed by atoms with Gasteiger partial charge in [0, 0.05) is 24.7 Å². The van der Waals surface area contributed by atoms with Gasteiger partial charge in [-0.3, -0.25) is 0 Å². The fraction of sp³-hybridized carbons (Fsp3) is 0.115. The van der Waals surface area contributed by atoms with Gasteiger partial charge in [0.05, 0.1) is 21.2 Å².